The largest absolute Gasteiger partial charge is 0.393 e. The van der Waals surface area contributed by atoms with E-state index in [1.807, 2.05) is 6.92 Å². The van der Waals surface area contributed by atoms with Crippen molar-refractivity contribution in [2.75, 3.05) is 19.6 Å². The summed E-state index contributed by atoms with van der Waals surface area (Å²) in [5, 5.41) is 2.80. The van der Waals surface area contributed by atoms with Crippen LogP contribution in [-0.4, -0.2) is 41.5 Å². The third-order valence-electron chi connectivity index (χ3n) is 2.43. The first-order valence-corrected chi connectivity index (χ1v) is 5.83. The Kier molecular flexibility index (Phi) is 4.98. The number of likely N-dealkylation sites (N-methyl/N-ethyl adjacent to an activating group) is 1. The highest BCUT2D eigenvalue weighted by Gasteiger charge is 2.29. The minimum atomic E-state index is 0.0901. The lowest BCUT2D eigenvalue weighted by atomic mass is 10.3. The summed E-state index contributed by atoms with van der Waals surface area (Å²) in [4.78, 5) is 14.1. The van der Waals surface area contributed by atoms with Gasteiger partial charge in [-0.05, 0) is 19.8 Å². The molecule has 1 fully saturated rings. The molecule has 0 aliphatic heterocycles. The van der Waals surface area contributed by atoms with Crippen molar-refractivity contribution in [3.05, 3.63) is 0 Å². The first kappa shape index (κ1) is 12.4. The Bertz CT molecular complexity index is 241. The van der Waals surface area contributed by atoms with E-state index < -0.39 is 0 Å². The van der Waals surface area contributed by atoms with Crippen molar-refractivity contribution in [2.45, 2.75) is 32.2 Å². The van der Waals surface area contributed by atoms with E-state index in [-0.39, 0.29) is 5.91 Å². The number of nitrogens with two attached hydrogens (primary N) is 1. The predicted molar refractivity (Wildman–Crippen MR) is 64.7 cm³/mol. The van der Waals surface area contributed by atoms with E-state index in [0.717, 1.165) is 6.54 Å². The van der Waals surface area contributed by atoms with Crippen molar-refractivity contribution in [2.24, 2.45) is 5.73 Å². The highest BCUT2D eigenvalue weighted by molar-refractivity contribution is 7.80. The maximum absolute atomic E-state index is 11.4. The maximum Gasteiger partial charge on any atom is 0.234 e. The van der Waals surface area contributed by atoms with Gasteiger partial charge in [-0.25, -0.2) is 0 Å². The zero-order chi connectivity index (χ0) is 11.3. The van der Waals surface area contributed by atoms with Crippen LogP contribution in [0.25, 0.3) is 0 Å². The summed E-state index contributed by atoms with van der Waals surface area (Å²) in [5.41, 5.74) is 5.46. The lowest BCUT2D eigenvalue weighted by Gasteiger charge is -2.20. The van der Waals surface area contributed by atoms with Crippen LogP contribution in [0, 0.1) is 0 Å². The van der Waals surface area contributed by atoms with Gasteiger partial charge < -0.3 is 11.1 Å². The molecule has 0 radical (unpaired) electrons. The minimum absolute atomic E-state index is 0.0901. The van der Waals surface area contributed by atoms with E-state index in [0.29, 0.717) is 30.5 Å². The number of amides is 1. The number of thiocarbonyl (C=S) groups is 1. The Balaban J connectivity index is 2.30. The molecule has 1 saturated carbocycles. The number of carbonyl (C=O) groups excluding carboxylic acids is 1. The lowest BCUT2D eigenvalue weighted by molar-refractivity contribution is -0.122. The minimum Gasteiger partial charge on any atom is -0.393 e. The molecule has 0 aromatic heterocycles. The summed E-state index contributed by atoms with van der Waals surface area (Å²) in [5.74, 6) is 0.0901. The number of nitrogens with zero attached hydrogens (tertiary/aromatic N) is 1. The van der Waals surface area contributed by atoms with Crippen LogP contribution < -0.4 is 11.1 Å². The zero-order valence-corrected chi connectivity index (χ0v) is 9.98. The van der Waals surface area contributed by atoms with Crippen molar-refractivity contribution in [3.63, 3.8) is 0 Å². The monoisotopic (exact) mass is 229 g/mol. The van der Waals surface area contributed by atoms with E-state index >= 15 is 0 Å². The molecule has 15 heavy (non-hydrogen) atoms. The molecule has 86 valence electrons. The smallest absolute Gasteiger partial charge is 0.234 e. The molecule has 0 bridgehead atoms. The Morgan fingerprint density at radius 3 is 2.73 bits per heavy atom. The van der Waals surface area contributed by atoms with Gasteiger partial charge in [0, 0.05) is 25.6 Å². The van der Waals surface area contributed by atoms with Gasteiger partial charge in [0.2, 0.25) is 5.91 Å². The number of nitrogens with one attached hydrogen (secondary N) is 1. The molecule has 1 aliphatic rings. The molecule has 0 saturated heterocycles. The van der Waals surface area contributed by atoms with Gasteiger partial charge in [-0.1, -0.05) is 12.2 Å². The number of hydrogen-bond acceptors (Lipinski definition) is 3. The molecule has 4 nitrogen and oxygen atoms in total. The molecular weight excluding hydrogens is 210 g/mol. The summed E-state index contributed by atoms with van der Waals surface area (Å²) >= 11 is 4.84. The van der Waals surface area contributed by atoms with Crippen molar-refractivity contribution in [3.8, 4) is 0 Å². The van der Waals surface area contributed by atoms with Gasteiger partial charge in [0.1, 0.15) is 0 Å². The summed E-state index contributed by atoms with van der Waals surface area (Å²) in [7, 11) is 0. The normalized spacial score (nSPS) is 15.3. The van der Waals surface area contributed by atoms with Crippen molar-refractivity contribution in [1.29, 1.82) is 0 Å². The first-order chi connectivity index (χ1) is 7.13. The second kappa shape index (κ2) is 6.02. The number of carbonyl (C=O) groups is 1. The molecule has 0 spiro atoms. The first-order valence-electron chi connectivity index (χ1n) is 5.42. The van der Waals surface area contributed by atoms with Gasteiger partial charge in [0.25, 0.3) is 0 Å². The lowest BCUT2D eigenvalue weighted by Crippen LogP contribution is -2.39. The average molecular weight is 229 g/mol. The molecule has 0 atom stereocenters. The molecule has 0 heterocycles. The summed E-state index contributed by atoms with van der Waals surface area (Å²) in [6.45, 7) is 3.89. The third kappa shape index (κ3) is 5.09. The Labute approximate surface area is 96.2 Å². The SMILES string of the molecule is CCNC(=O)CN(CCC(N)=S)C1CC1. The van der Waals surface area contributed by atoms with Crippen LogP contribution in [0.4, 0.5) is 0 Å². The van der Waals surface area contributed by atoms with Crippen molar-refractivity contribution < 1.29 is 4.79 Å². The van der Waals surface area contributed by atoms with Crippen LogP contribution in [0.2, 0.25) is 0 Å². The van der Waals surface area contributed by atoms with E-state index in [1.165, 1.54) is 12.8 Å². The van der Waals surface area contributed by atoms with Gasteiger partial charge in [-0.3, -0.25) is 9.69 Å². The van der Waals surface area contributed by atoms with Gasteiger partial charge in [0.05, 0.1) is 11.5 Å². The Morgan fingerprint density at radius 2 is 2.27 bits per heavy atom. The molecule has 0 unspecified atom stereocenters. The molecule has 0 aromatic rings. The summed E-state index contributed by atoms with van der Waals surface area (Å²) in [6, 6.07) is 0.571. The molecule has 1 aliphatic carbocycles. The highest BCUT2D eigenvalue weighted by Crippen LogP contribution is 2.26. The van der Waals surface area contributed by atoms with Gasteiger partial charge >= 0.3 is 0 Å². The molecule has 3 N–H and O–H groups in total. The molecule has 5 heteroatoms. The highest BCUT2D eigenvalue weighted by atomic mass is 32.1. The third-order valence-corrected chi connectivity index (χ3v) is 2.63. The van der Waals surface area contributed by atoms with E-state index in [4.69, 9.17) is 18.0 Å². The van der Waals surface area contributed by atoms with Crippen molar-refractivity contribution in [1.82, 2.24) is 10.2 Å². The van der Waals surface area contributed by atoms with Crippen LogP contribution >= 0.6 is 12.2 Å². The molecule has 1 amide bonds. The van der Waals surface area contributed by atoms with E-state index in [9.17, 15) is 4.79 Å². The predicted octanol–water partition coefficient (Wildman–Crippen LogP) is 0.263. The van der Waals surface area contributed by atoms with Gasteiger partial charge in [-0.2, -0.15) is 0 Å². The van der Waals surface area contributed by atoms with E-state index in [1.54, 1.807) is 0 Å². The van der Waals surface area contributed by atoms with Crippen LogP contribution in [0.15, 0.2) is 0 Å². The topological polar surface area (TPSA) is 58.4 Å². The fourth-order valence-corrected chi connectivity index (χ4v) is 1.61. The number of hydrogen-bond donors (Lipinski definition) is 2. The van der Waals surface area contributed by atoms with Crippen molar-refractivity contribution >= 4 is 23.1 Å². The second-order valence-corrected chi connectivity index (χ2v) is 4.40. The van der Waals surface area contributed by atoms with Crippen LogP contribution in [0.1, 0.15) is 26.2 Å². The number of rotatable bonds is 7. The average Bonchev–Trinajstić information content (AvgIpc) is 2.95. The molecule has 0 aromatic carbocycles. The van der Waals surface area contributed by atoms with Gasteiger partial charge in [0.15, 0.2) is 0 Å². The fourth-order valence-electron chi connectivity index (χ4n) is 1.52. The maximum atomic E-state index is 11.4. The molecule has 1 rings (SSSR count). The fraction of sp³-hybridized carbons (Fsp3) is 0.800. The quantitative estimate of drug-likeness (QED) is 0.615. The van der Waals surface area contributed by atoms with Crippen LogP contribution in [-0.2, 0) is 4.79 Å². The summed E-state index contributed by atoms with van der Waals surface area (Å²) < 4.78 is 0. The summed E-state index contributed by atoms with van der Waals surface area (Å²) in [6.07, 6.45) is 3.08. The second-order valence-electron chi connectivity index (χ2n) is 3.87. The van der Waals surface area contributed by atoms with Gasteiger partial charge in [-0.15, -0.1) is 0 Å². The Morgan fingerprint density at radius 1 is 1.60 bits per heavy atom. The van der Waals surface area contributed by atoms with Crippen LogP contribution in [0.5, 0.6) is 0 Å². The molecular formula is C10H19N3OS. The zero-order valence-electron chi connectivity index (χ0n) is 9.16. The standard InChI is InChI=1S/C10H19N3OS/c1-2-12-10(14)7-13(8-3-4-8)6-5-9(11)15/h8H,2-7H2,1H3,(H2,11,15)(H,12,14). The Hall–Kier alpha value is -0.680. The van der Waals surface area contributed by atoms with E-state index in [2.05, 4.69) is 10.2 Å². The van der Waals surface area contributed by atoms with Crippen LogP contribution in [0.3, 0.4) is 0 Å².